The zero-order valence-corrected chi connectivity index (χ0v) is 8.06. The fourth-order valence-corrected chi connectivity index (χ4v) is 1.05. The summed E-state index contributed by atoms with van der Waals surface area (Å²) in [4.78, 5) is 4.19. The summed E-state index contributed by atoms with van der Waals surface area (Å²) >= 11 is 0. The summed E-state index contributed by atoms with van der Waals surface area (Å²) in [7, 11) is 0. The number of benzene rings is 1. The molecule has 0 unspecified atom stereocenters. The molecule has 2 N–H and O–H groups in total. The number of aliphatic hydroxyl groups is 1. The lowest BCUT2D eigenvalue weighted by molar-refractivity contribution is 0.285. The third-order valence-corrected chi connectivity index (χ3v) is 1.83. The minimum Gasteiger partial charge on any atom is -0.508 e. The highest BCUT2D eigenvalue weighted by molar-refractivity contribution is 5.79. The van der Waals surface area contributed by atoms with Crippen LogP contribution in [0.3, 0.4) is 0 Å². The van der Waals surface area contributed by atoms with Gasteiger partial charge in [-0.25, -0.2) is 0 Å². The van der Waals surface area contributed by atoms with E-state index in [9.17, 15) is 0 Å². The van der Waals surface area contributed by atoms with E-state index in [1.165, 1.54) is 0 Å². The number of aromatic hydroxyl groups is 1. The molecule has 1 aromatic carbocycles. The molecule has 0 spiro atoms. The molecule has 0 aliphatic heterocycles. The second kappa shape index (κ2) is 6.16. The third kappa shape index (κ3) is 4.05. The minimum absolute atomic E-state index is 0.231. The standard InChI is InChI=1S/C11H15NO2/c13-8-2-1-7-12-9-10-3-5-11(14)6-4-10/h3-6,9,13-14H,1-2,7-8H2. The summed E-state index contributed by atoms with van der Waals surface area (Å²) in [5.74, 6) is 0.266. The normalized spacial score (nSPS) is 10.9. The summed E-state index contributed by atoms with van der Waals surface area (Å²) < 4.78 is 0. The number of aliphatic imine (C=N–C) groups is 1. The second-order valence-electron chi connectivity index (χ2n) is 3.06. The number of hydrogen-bond donors (Lipinski definition) is 2. The van der Waals surface area contributed by atoms with Crippen LogP contribution in [0.15, 0.2) is 29.3 Å². The number of unbranched alkanes of at least 4 members (excludes halogenated alkanes) is 1. The molecule has 1 rings (SSSR count). The summed E-state index contributed by atoms with van der Waals surface area (Å²) in [5.41, 5.74) is 0.979. The van der Waals surface area contributed by atoms with Gasteiger partial charge in [0.25, 0.3) is 0 Å². The summed E-state index contributed by atoms with van der Waals surface area (Å²) in [6.45, 7) is 0.968. The first-order valence-electron chi connectivity index (χ1n) is 4.72. The molecule has 76 valence electrons. The molecular weight excluding hydrogens is 178 g/mol. The molecule has 14 heavy (non-hydrogen) atoms. The Bertz CT molecular complexity index is 280. The van der Waals surface area contributed by atoms with E-state index in [0.29, 0.717) is 0 Å². The van der Waals surface area contributed by atoms with Crippen molar-refractivity contribution >= 4 is 6.21 Å². The number of phenols is 1. The molecule has 0 aliphatic rings. The van der Waals surface area contributed by atoms with E-state index < -0.39 is 0 Å². The minimum atomic E-state index is 0.231. The van der Waals surface area contributed by atoms with Crippen LogP contribution in [0, 0.1) is 0 Å². The van der Waals surface area contributed by atoms with Crippen LogP contribution in [0.2, 0.25) is 0 Å². The molecule has 0 radical (unpaired) electrons. The molecule has 0 saturated heterocycles. The zero-order valence-electron chi connectivity index (χ0n) is 8.06. The third-order valence-electron chi connectivity index (χ3n) is 1.83. The molecular formula is C11H15NO2. The van der Waals surface area contributed by atoms with Gasteiger partial charge in [0, 0.05) is 19.4 Å². The van der Waals surface area contributed by atoms with Gasteiger partial charge in [-0.3, -0.25) is 4.99 Å². The molecule has 0 saturated carbocycles. The maximum absolute atomic E-state index is 9.03. The summed E-state index contributed by atoms with van der Waals surface area (Å²) in [6.07, 6.45) is 3.48. The second-order valence-corrected chi connectivity index (χ2v) is 3.06. The SMILES string of the molecule is OCCCCN=Cc1ccc(O)cc1. The van der Waals surface area contributed by atoms with E-state index in [4.69, 9.17) is 10.2 Å². The number of aliphatic hydroxyl groups excluding tert-OH is 1. The predicted molar refractivity (Wildman–Crippen MR) is 56.9 cm³/mol. The Balaban J connectivity index is 2.33. The fourth-order valence-electron chi connectivity index (χ4n) is 1.05. The first-order chi connectivity index (χ1) is 6.83. The quantitative estimate of drug-likeness (QED) is 0.551. The van der Waals surface area contributed by atoms with Crippen molar-refractivity contribution in [3.63, 3.8) is 0 Å². The van der Waals surface area contributed by atoms with Gasteiger partial charge in [-0.15, -0.1) is 0 Å². The van der Waals surface area contributed by atoms with Crippen molar-refractivity contribution in [3.8, 4) is 5.75 Å². The number of hydrogen-bond acceptors (Lipinski definition) is 3. The lowest BCUT2D eigenvalue weighted by Gasteiger charge is -1.94. The Hall–Kier alpha value is -1.35. The molecule has 0 aliphatic carbocycles. The molecule has 0 amide bonds. The maximum atomic E-state index is 9.03. The van der Waals surface area contributed by atoms with E-state index in [2.05, 4.69) is 4.99 Å². The van der Waals surface area contributed by atoms with Gasteiger partial charge in [0.15, 0.2) is 0 Å². The highest BCUT2D eigenvalue weighted by Gasteiger charge is 1.88. The molecule has 3 nitrogen and oxygen atoms in total. The van der Waals surface area contributed by atoms with Crippen molar-refractivity contribution in [2.24, 2.45) is 4.99 Å². The largest absolute Gasteiger partial charge is 0.508 e. The van der Waals surface area contributed by atoms with Crippen LogP contribution in [0.1, 0.15) is 18.4 Å². The van der Waals surface area contributed by atoms with E-state index in [1.807, 2.05) is 12.1 Å². The average Bonchev–Trinajstić information content (AvgIpc) is 2.21. The highest BCUT2D eigenvalue weighted by Crippen LogP contribution is 2.07. The first-order valence-corrected chi connectivity index (χ1v) is 4.72. The van der Waals surface area contributed by atoms with E-state index in [0.717, 1.165) is 24.9 Å². The molecule has 0 bridgehead atoms. The topological polar surface area (TPSA) is 52.8 Å². The fraction of sp³-hybridized carbons (Fsp3) is 0.364. The van der Waals surface area contributed by atoms with Crippen molar-refractivity contribution in [2.75, 3.05) is 13.2 Å². The van der Waals surface area contributed by atoms with Crippen molar-refractivity contribution in [3.05, 3.63) is 29.8 Å². The summed E-state index contributed by atoms with van der Waals surface area (Å²) in [6, 6.07) is 6.89. The van der Waals surface area contributed by atoms with Gasteiger partial charge >= 0.3 is 0 Å². The van der Waals surface area contributed by atoms with Crippen LogP contribution < -0.4 is 0 Å². The molecule has 0 heterocycles. The van der Waals surface area contributed by atoms with Crippen molar-refractivity contribution in [2.45, 2.75) is 12.8 Å². The lowest BCUT2D eigenvalue weighted by Crippen LogP contribution is -1.87. The average molecular weight is 193 g/mol. The highest BCUT2D eigenvalue weighted by atomic mass is 16.3. The number of rotatable bonds is 5. The van der Waals surface area contributed by atoms with Gasteiger partial charge in [0.05, 0.1) is 0 Å². The Morgan fingerprint density at radius 3 is 2.50 bits per heavy atom. The first kappa shape index (κ1) is 10.7. The van der Waals surface area contributed by atoms with Crippen LogP contribution in [0.4, 0.5) is 0 Å². The Morgan fingerprint density at radius 1 is 1.14 bits per heavy atom. The van der Waals surface area contributed by atoms with Gasteiger partial charge in [-0.05, 0) is 42.7 Å². The van der Waals surface area contributed by atoms with E-state index in [-0.39, 0.29) is 12.4 Å². The van der Waals surface area contributed by atoms with Gasteiger partial charge in [-0.2, -0.15) is 0 Å². The molecule has 3 heteroatoms. The van der Waals surface area contributed by atoms with Crippen LogP contribution in [0.5, 0.6) is 5.75 Å². The predicted octanol–water partition coefficient (Wildman–Crippen LogP) is 1.58. The van der Waals surface area contributed by atoms with Crippen LogP contribution in [0.25, 0.3) is 0 Å². The van der Waals surface area contributed by atoms with Gasteiger partial charge < -0.3 is 10.2 Å². The maximum Gasteiger partial charge on any atom is 0.115 e. The van der Waals surface area contributed by atoms with Crippen LogP contribution in [-0.4, -0.2) is 29.6 Å². The van der Waals surface area contributed by atoms with Gasteiger partial charge in [-0.1, -0.05) is 0 Å². The van der Waals surface area contributed by atoms with Crippen LogP contribution in [-0.2, 0) is 0 Å². The smallest absolute Gasteiger partial charge is 0.115 e. The molecule has 1 aromatic rings. The Labute approximate surface area is 83.7 Å². The zero-order chi connectivity index (χ0) is 10.2. The van der Waals surface area contributed by atoms with Gasteiger partial charge in [0.2, 0.25) is 0 Å². The van der Waals surface area contributed by atoms with Crippen molar-refractivity contribution in [1.82, 2.24) is 0 Å². The van der Waals surface area contributed by atoms with Crippen molar-refractivity contribution in [1.29, 1.82) is 0 Å². The van der Waals surface area contributed by atoms with E-state index in [1.54, 1.807) is 18.3 Å². The number of phenolic OH excluding ortho intramolecular Hbond substituents is 1. The number of nitrogens with zero attached hydrogens (tertiary/aromatic N) is 1. The van der Waals surface area contributed by atoms with Gasteiger partial charge in [0.1, 0.15) is 5.75 Å². The van der Waals surface area contributed by atoms with Crippen LogP contribution >= 0.6 is 0 Å². The van der Waals surface area contributed by atoms with E-state index >= 15 is 0 Å². The molecule has 0 fully saturated rings. The summed E-state index contributed by atoms with van der Waals surface area (Å²) in [5, 5.41) is 17.6. The Kier molecular flexibility index (Phi) is 4.72. The van der Waals surface area contributed by atoms with Crippen molar-refractivity contribution < 1.29 is 10.2 Å². The molecule has 0 aromatic heterocycles. The molecule has 0 atom stereocenters. The lowest BCUT2D eigenvalue weighted by atomic mass is 10.2. The monoisotopic (exact) mass is 193 g/mol. The Morgan fingerprint density at radius 2 is 1.86 bits per heavy atom.